The van der Waals surface area contributed by atoms with Crippen molar-refractivity contribution in [2.75, 3.05) is 13.7 Å². The minimum absolute atomic E-state index is 0.385. The first-order valence-corrected chi connectivity index (χ1v) is 6.77. The van der Waals surface area contributed by atoms with Gasteiger partial charge < -0.3 is 9.05 Å². The van der Waals surface area contributed by atoms with E-state index in [0.717, 1.165) is 6.42 Å². The molecular formula is C7H16NO2PS. The van der Waals surface area contributed by atoms with E-state index in [-0.39, 0.29) is 0 Å². The lowest BCUT2D eigenvalue weighted by molar-refractivity contribution is 0.296. The molecule has 1 saturated heterocycles. The molecule has 3 nitrogen and oxygen atoms in total. The van der Waals surface area contributed by atoms with Crippen LogP contribution in [0, 0.1) is 5.92 Å². The van der Waals surface area contributed by atoms with E-state index in [1.807, 2.05) is 0 Å². The van der Waals surface area contributed by atoms with Crippen LogP contribution < -0.4 is 5.09 Å². The Hall–Kier alpha value is 0.530. The first kappa shape index (κ1) is 10.6. The predicted octanol–water partition coefficient (Wildman–Crippen LogP) is 1.89. The molecule has 1 aliphatic rings. The predicted molar refractivity (Wildman–Crippen MR) is 53.6 cm³/mol. The molecule has 1 rings (SSSR count). The Bertz CT molecular complexity index is 198. The van der Waals surface area contributed by atoms with E-state index < -0.39 is 6.64 Å². The van der Waals surface area contributed by atoms with Gasteiger partial charge in [0, 0.05) is 13.2 Å². The second-order valence-electron chi connectivity index (χ2n) is 3.43. The molecule has 0 amide bonds. The molecule has 0 radical (unpaired) electrons. The van der Waals surface area contributed by atoms with Crippen LogP contribution in [0.4, 0.5) is 0 Å². The van der Waals surface area contributed by atoms with Crippen molar-refractivity contribution in [3.63, 3.8) is 0 Å². The van der Waals surface area contributed by atoms with Crippen molar-refractivity contribution in [1.29, 1.82) is 0 Å². The van der Waals surface area contributed by atoms with Gasteiger partial charge in [-0.3, -0.25) is 0 Å². The summed E-state index contributed by atoms with van der Waals surface area (Å²) >= 11 is 5.15. The van der Waals surface area contributed by atoms with Crippen LogP contribution in [0.1, 0.15) is 20.3 Å². The first-order valence-electron chi connectivity index (χ1n) is 4.14. The standard InChI is InChI=1S/C7H16NO2PS/c1-6(2)4-7-5-10-11(12,8-7)9-3/h6-7H,4-5H2,1-3H3,(H,8,12)/t7-,11+/m0/s1. The molecule has 1 aliphatic heterocycles. The molecule has 0 aliphatic carbocycles. The van der Waals surface area contributed by atoms with Gasteiger partial charge in [0.2, 0.25) is 0 Å². The van der Waals surface area contributed by atoms with Gasteiger partial charge in [-0.1, -0.05) is 13.8 Å². The molecule has 2 atom stereocenters. The Labute approximate surface area is 79.0 Å². The third kappa shape index (κ3) is 2.79. The van der Waals surface area contributed by atoms with E-state index in [1.165, 1.54) is 0 Å². The second-order valence-corrected chi connectivity index (χ2v) is 6.75. The zero-order valence-corrected chi connectivity index (χ0v) is 9.45. The van der Waals surface area contributed by atoms with Gasteiger partial charge in [-0.2, -0.15) is 0 Å². The van der Waals surface area contributed by atoms with Gasteiger partial charge in [0.15, 0.2) is 0 Å². The quantitative estimate of drug-likeness (QED) is 0.719. The summed E-state index contributed by atoms with van der Waals surface area (Å²) in [6, 6.07) is 0.385. The van der Waals surface area contributed by atoms with E-state index in [2.05, 4.69) is 18.9 Å². The lowest BCUT2D eigenvalue weighted by atomic mass is 10.1. The minimum atomic E-state index is -2.08. The average Bonchev–Trinajstić information content (AvgIpc) is 2.32. The summed E-state index contributed by atoms with van der Waals surface area (Å²) in [4.78, 5) is 0. The topological polar surface area (TPSA) is 30.5 Å². The zero-order valence-electron chi connectivity index (χ0n) is 7.74. The Morgan fingerprint density at radius 1 is 1.75 bits per heavy atom. The molecule has 0 spiro atoms. The van der Waals surface area contributed by atoms with Crippen molar-refractivity contribution >= 4 is 18.4 Å². The van der Waals surface area contributed by atoms with Crippen molar-refractivity contribution in [3.05, 3.63) is 0 Å². The number of hydrogen-bond donors (Lipinski definition) is 1. The fourth-order valence-corrected chi connectivity index (χ4v) is 3.20. The summed E-state index contributed by atoms with van der Waals surface area (Å²) in [6.45, 7) is 3.00. The summed E-state index contributed by atoms with van der Waals surface area (Å²) in [5, 5.41) is 3.23. The van der Waals surface area contributed by atoms with Crippen molar-refractivity contribution in [2.45, 2.75) is 26.3 Å². The third-order valence-corrected chi connectivity index (χ3v) is 4.51. The molecule has 0 aromatic rings. The maximum absolute atomic E-state index is 5.40. The Morgan fingerprint density at radius 2 is 2.42 bits per heavy atom. The van der Waals surface area contributed by atoms with Crippen molar-refractivity contribution in [1.82, 2.24) is 5.09 Å². The van der Waals surface area contributed by atoms with E-state index in [0.29, 0.717) is 18.6 Å². The van der Waals surface area contributed by atoms with Gasteiger partial charge in [0.25, 0.3) is 6.64 Å². The van der Waals surface area contributed by atoms with Gasteiger partial charge in [0.1, 0.15) is 0 Å². The van der Waals surface area contributed by atoms with Crippen LogP contribution in [-0.4, -0.2) is 19.8 Å². The highest BCUT2D eigenvalue weighted by molar-refractivity contribution is 8.09. The fraction of sp³-hybridized carbons (Fsp3) is 1.00. The monoisotopic (exact) mass is 209 g/mol. The highest BCUT2D eigenvalue weighted by Gasteiger charge is 2.30. The van der Waals surface area contributed by atoms with Crippen LogP contribution >= 0.6 is 6.64 Å². The zero-order chi connectivity index (χ0) is 9.19. The van der Waals surface area contributed by atoms with Crippen LogP contribution in [0.3, 0.4) is 0 Å². The molecule has 72 valence electrons. The van der Waals surface area contributed by atoms with Gasteiger partial charge in [-0.25, -0.2) is 5.09 Å². The maximum atomic E-state index is 5.40. The highest BCUT2D eigenvalue weighted by atomic mass is 32.5. The van der Waals surface area contributed by atoms with E-state index in [4.69, 9.17) is 20.9 Å². The summed E-state index contributed by atoms with van der Waals surface area (Å²) in [7, 11) is 1.60. The first-order chi connectivity index (χ1) is 5.56. The largest absolute Gasteiger partial charge is 0.321 e. The fourth-order valence-electron chi connectivity index (χ4n) is 1.28. The summed E-state index contributed by atoms with van der Waals surface area (Å²) in [6.07, 6.45) is 1.10. The van der Waals surface area contributed by atoms with E-state index in [1.54, 1.807) is 7.11 Å². The number of rotatable bonds is 3. The molecule has 1 N–H and O–H groups in total. The summed E-state index contributed by atoms with van der Waals surface area (Å²) in [5.41, 5.74) is 0. The van der Waals surface area contributed by atoms with Gasteiger partial charge in [0.05, 0.1) is 6.61 Å². The molecule has 5 heteroatoms. The lowest BCUT2D eigenvalue weighted by Crippen LogP contribution is -2.23. The molecule has 0 aromatic carbocycles. The Morgan fingerprint density at radius 3 is 2.83 bits per heavy atom. The minimum Gasteiger partial charge on any atom is -0.321 e. The number of hydrogen-bond acceptors (Lipinski definition) is 3. The van der Waals surface area contributed by atoms with Gasteiger partial charge in [-0.15, -0.1) is 0 Å². The van der Waals surface area contributed by atoms with Crippen molar-refractivity contribution in [3.8, 4) is 0 Å². The molecule has 1 fully saturated rings. The van der Waals surface area contributed by atoms with E-state index >= 15 is 0 Å². The van der Waals surface area contributed by atoms with Crippen LogP contribution in [0.15, 0.2) is 0 Å². The second kappa shape index (κ2) is 4.16. The van der Waals surface area contributed by atoms with Crippen LogP contribution in [0.25, 0.3) is 0 Å². The Balaban J connectivity index is 2.40. The van der Waals surface area contributed by atoms with Crippen LogP contribution in [0.2, 0.25) is 0 Å². The molecule has 0 unspecified atom stereocenters. The van der Waals surface area contributed by atoms with Gasteiger partial charge >= 0.3 is 0 Å². The summed E-state index contributed by atoms with van der Waals surface area (Å²) < 4.78 is 10.5. The Kier molecular flexibility index (Phi) is 3.68. The maximum Gasteiger partial charge on any atom is 0.261 e. The SMILES string of the molecule is CO[P@]1(=S)N[C@@H](CC(C)C)CO1. The molecule has 12 heavy (non-hydrogen) atoms. The van der Waals surface area contributed by atoms with Crippen LogP contribution in [-0.2, 0) is 20.9 Å². The van der Waals surface area contributed by atoms with Crippen molar-refractivity contribution in [2.24, 2.45) is 5.92 Å². The molecule has 0 saturated carbocycles. The molecular weight excluding hydrogens is 193 g/mol. The lowest BCUT2D eigenvalue weighted by Gasteiger charge is -2.14. The van der Waals surface area contributed by atoms with E-state index in [9.17, 15) is 0 Å². The third-order valence-electron chi connectivity index (χ3n) is 1.78. The summed E-state index contributed by atoms with van der Waals surface area (Å²) in [5.74, 6) is 0.671. The highest BCUT2D eigenvalue weighted by Crippen LogP contribution is 2.48. The van der Waals surface area contributed by atoms with Gasteiger partial charge in [-0.05, 0) is 24.1 Å². The average molecular weight is 209 g/mol. The number of nitrogens with one attached hydrogen (secondary N) is 1. The van der Waals surface area contributed by atoms with Crippen LogP contribution in [0.5, 0.6) is 0 Å². The molecule has 0 bridgehead atoms. The normalized spacial score (nSPS) is 36.2. The van der Waals surface area contributed by atoms with Crippen molar-refractivity contribution < 1.29 is 9.05 Å². The molecule has 0 aromatic heterocycles. The smallest absolute Gasteiger partial charge is 0.261 e. The molecule has 1 heterocycles.